The van der Waals surface area contributed by atoms with Crippen LogP contribution in [-0.4, -0.2) is 123 Å². The molecule has 0 fully saturated rings. The van der Waals surface area contributed by atoms with Crippen molar-refractivity contribution in [2.75, 3.05) is 18.0 Å². The molecule has 15 heteroatoms. The zero-order valence-electron chi connectivity index (χ0n) is 29.2. The van der Waals surface area contributed by atoms with Crippen molar-refractivity contribution in [1.29, 1.82) is 0 Å². The van der Waals surface area contributed by atoms with Crippen molar-refractivity contribution in [2.24, 2.45) is 0 Å². The molecule has 0 saturated heterocycles. The van der Waals surface area contributed by atoms with Crippen molar-refractivity contribution < 1.29 is 50.3 Å². The standard InChI is InChI=1S/C35H44N2O10S2.K/c1-34(2)26-22-24(48(42,43)44)16-18-28(26)36(20-9-5-7-14-32(38)39)30(34)12-11-13-31-35(3,4)27-23-25(49(45,46)47)17-19-29(27)37(31)21-10-6-8-15-33(40)41;/h11-13,16-19,22-23H,5-10,14-15,20-21H2,1-4H3,(H3-,38,39,40,41,42,43,44,45,46,47);. The Morgan fingerprint density at radius 2 is 1.40 bits per heavy atom. The second-order valence-corrected chi connectivity index (χ2v) is 16.3. The van der Waals surface area contributed by atoms with E-state index in [2.05, 4.69) is 9.48 Å². The number of rotatable bonds is 16. The average Bonchev–Trinajstić information content (AvgIpc) is 3.33. The van der Waals surface area contributed by atoms with Gasteiger partial charge in [0.2, 0.25) is 5.69 Å². The Labute approximate surface area is 336 Å². The number of benzene rings is 2. The van der Waals surface area contributed by atoms with Crippen molar-refractivity contribution >= 4 is 101 Å². The van der Waals surface area contributed by atoms with Crippen LogP contribution in [0.4, 0.5) is 11.4 Å². The number of hydrogen-bond donors (Lipinski definition) is 3. The van der Waals surface area contributed by atoms with E-state index in [0.29, 0.717) is 62.7 Å². The number of carbonyl (C=O) groups is 2. The summed E-state index contributed by atoms with van der Waals surface area (Å²) in [6.07, 6.45) is 9.65. The van der Waals surface area contributed by atoms with Crippen LogP contribution < -0.4 is 4.90 Å². The smallest absolute Gasteiger partial charge is 0.303 e. The van der Waals surface area contributed by atoms with Crippen molar-refractivity contribution in [3.8, 4) is 0 Å². The predicted octanol–water partition coefficient (Wildman–Crippen LogP) is 5.36. The number of nitrogens with zero attached hydrogens (tertiary/aromatic N) is 2. The SMILES string of the molecule is CC1(C)C(/C=C/C=C2/N(CCCCCC(=O)O)c3ccc(S(=O)(=O)O)cc3C2(C)C)=[N+](CCCCCC(=O)O)c2ccc(S(=O)(=O)[O-])cc21.[K]. The van der Waals surface area contributed by atoms with Gasteiger partial charge in [0.1, 0.15) is 16.7 Å². The summed E-state index contributed by atoms with van der Waals surface area (Å²) in [7, 11) is -9.14. The van der Waals surface area contributed by atoms with Crippen LogP contribution in [-0.2, 0) is 40.7 Å². The number of hydrogen-bond acceptors (Lipinski definition) is 8. The van der Waals surface area contributed by atoms with E-state index in [-0.39, 0.29) is 74.0 Å². The number of allylic oxidation sites excluding steroid dienone is 4. The molecular weight excluding hydrogens is 712 g/mol. The Bertz CT molecular complexity index is 1950. The van der Waals surface area contributed by atoms with E-state index in [4.69, 9.17) is 10.2 Å². The third-order valence-corrected chi connectivity index (χ3v) is 11.0. The topological polar surface area (TPSA) is 192 Å². The molecule has 0 spiro atoms. The molecule has 0 bridgehead atoms. The van der Waals surface area contributed by atoms with Crippen molar-refractivity contribution in [3.63, 3.8) is 0 Å². The minimum Gasteiger partial charge on any atom is -0.744 e. The van der Waals surface area contributed by atoms with Gasteiger partial charge in [-0.25, -0.2) is 8.42 Å². The molecule has 0 aromatic heterocycles. The predicted molar refractivity (Wildman–Crippen MR) is 189 cm³/mol. The molecule has 267 valence electrons. The minimum absolute atomic E-state index is 0. The van der Waals surface area contributed by atoms with Crippen molar-refractivity contribution in [3.05, 3.63) is 71.5 Å². The quantitative estimate of drug-likeness (QED) is 0.0865. The van der Waals surface area contributed by atoms with E-state index in [0.717, 1.165) is 22.8 Å². The first-order valence-electron chi connectivity index (χ1n) is 16.2. The van der Waals surface area contributed by atoms with Crippen LogP contribution in [0.1, 0.15) is 90.2 Å². The Morgan fingerprint density at radius 1 is 0.820 bits per heavy atom. The molecule has 2 aliphatic rings. The van der Waals surface area contributed by atoms with E-state index < -0.39 is 43.0 Å². The second-order valence-electron chi connectivity index (χ2n) is 13.5. The maximum Gasteiger partial charge on any atom is 0.303 e. The molecule has 50 heavy (non-hydrogen) atoms. The Balaban J connectivity index is 0.00000676. The number of carboxylic acid groups (broad SMARTS) is 2. The molecule has 2 aromatic carbocycles. The van der Waals surface area contributed by atoms with Gasteiger partial charge >= 0.3 is 11.9 Å². The Hall–Kier alpha value is -2.21. The van der Waals surface area contributed by atoms with Gasteiger partial charge in [-0.1, -0.05) is 26.3 Å². The number of anilines is 1. The maximum atomic E-state index is 12.0. The van der Waals surface area contributed by atoms with E-state index in [1.54, 1.807) is 12.1 Å². The number of fused-ring (bicyclic) bond motifs is 2. The van der Waals surface area contributed by atoms with Crippen LogP contribution in [0.15, 0.2) is 70.1 Å². The summed E-state index contributed by atoms with van der Waals surface area (Å²) in [5.74, 6) is -1.71. The van der Waals surface area contributed by atoms with Crippen LogP contribution in [0.3, 0.4) is 0 Å². The fraction of sp³-hybridized carbons (Fsp3) is 0.457. The molecule has 0 aliphatic carbocycles. The first kappa shape index (κ1) is 42.2. The molecule has 2 heterocycles. The van der Waals surface area contributed by atoms with E-state index in [1.807, 2.05) is 45.9 Å². The van der Waals surface area contributed by atoms with Gasteiger partial charge in [0, 0.05) is 112 Å². The monoisotopic (exact) mass is 755 g/mol. The molecule has 2 aromatic rings. The molecule has 0 saturated carbocycles. The molecule has 0 unspecified atom stereocenters. The number of unbranched alkanes of at least 4 members (excludes halogenated alkanes) is 4. The molecule has 0 atom stereocenters. The second kappa shape index (κ2) is 16.6. The van der Waals surface area contributed by atoms with Gasteiger partial charge in [0.25, 0.3) is 10.1 Å². The number of carboxylic acids is 2. The van der Waals surface area contributed by atoms with Gasteiger partial charge in [0.15, 0.2) is 5.71 Å². The Morgan fingerprint density at radius 3 is 1.98 bits per heavy atom. The van der Waals surface area contributed by atoms with Crippen molar-refractivity contribution in [2.45, 2.75) is 99.7 Å². The third-order valence-electron chi connectivity index (χ3n) is 9.37. The molecular formula is C35H44KN2O10S2. The normalized spacial score (nSPS) is 17.2. The van der Waals surface area contributed by atoms with Gasteiger partial charge < -0.3 is 19.7 Å². The van der Waals surface area contributed by atoms with E-state index >= 15 is 0 Å². The first-order chi connectivity index (χ1) is 22.8. The summed E-state index contributed by atoms with van der Waals surface area (Å²) in [4.78, 5) is 23.6. The molecule has 3 N–H and O–H groups in total. The molecule has 12 nitrogen and oxygen atoms in total. The summed E-state index contributed by atoms with van der Waals surface area (Å²) in [6.45, 7) is 8.89. The van der Waals surface area contributed by atoms with Gasteiger partial charge in [0.05, 0.1) is 15.2 Å². The summed E-state index contributed by atoms with van der Waals surface area (Å²) >= 11 is 0. The van der Waals surface area contributed by atoms with Gasteiger partial charge in [-0.2, -0.15) is 13.0 Å². The largest absolute Gasteiger partial charge is 0.744 e. The zero-order chi connectivity index (χ0) is 36.4. The minimum atomic E-state index is -4.69. The molecule has 1 radical (unpaired) electrons. The van der Waals surface area contributed by atoms with E-state index in [9.17, 15) is 35.5 Å². The maximum absolute atomic E-state index is 12.0. The summed E-state index contributed by atoms with van der Waals surface area (Å²) < 4.78 is 71.6. The average molecular weight is 756 g/mol. The summed E-state index contributed by atoms with van der Waals surface area (Å²) in [6, 6.07) is 8.86. The van der Waals surface area contributed by atoms with Crippen LogP contribution in [0, 0.1) is 0 Å². The van der Waals surface area contributed by atoms with Crippen molar-refractivity contribution in [1.82, 2.24) is 0 Å². The van der Waals surface area contributed by atoms with Crippen LogP contribution in [0.2, 0.25) is 0 Å². The third kappa shape index (κ3) is 9.60. The Kier molecular flexibility index (Phi) is 14.0. The van der Waals surface area contributed by atoms with Crippen LogP contribution in [0.5, 0.6) is 0 Å². The number of aliphatic carboxylic acids is 2. The fourth-order valence-corrected chi connectivity index (χ4v) is 7.79. The first-order valence-corrected chi connectivity index (χ1v) is 19.1. The van der Waals surface area contributed by atoms with Gasteiger partial charge in [-0.3, -0.25) is 14.1 Å². The van der Waals surface area contributed by atoms with E-state index in [1.165, 1.54) is 24.3 Å². The molecule has 4 rings (SSSR count). The molecule has 2 aliphatic heterocycles. The van der Waals surface area contributed by atoms with Crippen LogP contribution >= 0.6 is 0 Å². The fourth-order valence-electron chi connectivity index (χ4n) is 6.78. The molecule has 0 amide bonds. The summed E-state index contributed by atoms with van der Waals surface area (Å²) in [5, 5.41) is 18.1. The van der Waals surface area contributed by atoms with Gasteiger partial charge in [-0.05, 0) is 81.5 Å². The zero-order valence-corrected chi connectivity index (χ0v) is 33.9. The van der Waals surface area contributed by atoms with Gasteiger partial charge in [-0.15, -0.1) is 0 Å². The summed E-state index contributed by atoms with van der Waals surface area (Å²) in [5.41, 5.74) is 3.26. The van der Waals surface area contributed by atoms with Crippen LogP contribution in [0.25, 0.3) is 0 Å².